The van der Waals surface area contributed by atoms with Crippen molar-refractivity contribution in [3.05, 3.63) is 54.5 Å². The normalized spacial score (nSPS) is 11.7. The molecule has 0 aliphatic rings. The van der Waals surface area contributed by atoms with Crippen molar-refractivity contribution >= 4 is 17.7 Å². The number of allylic oxidation sites excluding steroid dienone is 1. The number of amides is 1. The summed E-state index contributed by atoms with van der Waals surface area (Å²) in [4.78, 5) is 12.6. The summed E-state index contributed by atoms with van der Waals surface area (Å²) in [5, 5.41) is 12.2. The van der Waals surface area contributed by atoms with Crippen LogP contribution in [-0.2, 0) is 11.3 Å². The molecule has 1 amide bonds. The molecule has 3 aromatic rings. The van der Waals surface area contributed by atoms with Gasteiger partial charge in [-0.05, 0) is 38.1 Å². The maximum absolute atomic E-state index is 12.6. The first kappa shape index (κ1) is 22.5. The van der Waals surface area contributed by atoms with E-state index in [0.717, 1.165) is 16.9 Å². The third kappa shape index (κ3) is 5.11. The summed E-state index contributed by atoms with van der Waals surface area (Å²) >= 11 is 1.32. The van der Waals surface area contributed by atoms with Gasteiger partial charge in [0.05, 0.1) is 37.8 Å². The second kappa shape index (κ2) is 10.2. The zero-order chi connectivity index (χ0) is 22.4. The number of carbonyl (C=O) groups excluding carboxylic acids is 1. The standard InChI is InChI=1S/C22H26N4O4S/c1-6-10-26-21(17-9-11-30-15(17)3)24-25-22(26)31-13-20(27)23-14(2)18-12-16(28-4)7-8-19(18)29-5/h6-9,11-12,14H,1,10,13H2,2-5H3,(H,23,27). The summed E-state index contributed by atoms with van der Waals surface area (Å²) < 4.78 is 18.0. The molecule has 8 nitrogen and oxygen atoms in total. The first-order chi connectivity index (χ1) is 15.0. The number of aryl methyl sites for hydroxylation is 1. The predicted molar refractivity (Wildman–Crippen MR) is 119 cm³/mol. The van der Waals surface area contributed by atoms with Crippen LogP contribution in [0.25, 0.3) is 11.4 Å². The van der Waals surface area contributed by atoms with E-state index in [1.54, 1.807) is 26.6 Å². The highest BCUT2D eigenvalue weighted by Crippen LogP contribution is 2.30. The summed E-state index contributed by atoms with van der Waals surface area (Å²) in [5.41, 5.74) is 1.71. The van der Waals surface area contributed by atoms with E-state index in [0.29, 0.717) is 29.0 Å². The zero-order valence-electron chi connectivity index (χ0n) is 18.0. The molecule has 0 aliphatic carbocycles. The van der Waals surface area contributed by atoms with E-state index in [1.807, 2.05) is 42.7 Å². The van der Waals surface area contributed by atoms with Gasteiger partial charge in [0, 0.05) is 12.1 Å². The van der Waals surface area contributed by atoms with E-state index in [1.165, 1.54) is 11.8 Å². The number of thioether (sulfide) groups is 1. The Bertz CT molecular complexity index is 1060. The molecular formula is C22H26N4O4S. The van der Waals surface area contributed by atoms with Crippen LogP contribution in [-0.4, -0.2) is 40.6 Å². The first-order valence-electron chi connectivity index (χ1n) is 9.71. The zero-order valence-corrected chi connectivity index (χ0v) is 18.9. The maximum atomic E-state index is 12.6. The van der Waals surface area contributed by atoms with E-state index in [4.69, 9.17) is 13.9 Å². The molecule has 0 saturated carbocycles. The van der Waals surface area contributed by atoms with Gasteiger partial charge in [0.15, 0.2) is 11.0 Å². The molecule has 164 valence electrons. The molecule has 3 rings (SSSR count). The Balaban J connectivity index is 1.69. The molecule has 0 fully saturated rings. The number of benzene rings is 1. The Kier molecular flexibility index (Phi) is 7.41. The lowest BCUT2D eigenvalue weighted by Gasteiger charge is -2.18. The van der Waals surface area contributed by atoms with Gasteiger partial charge in [0.25, 0.3) is 0 Å². The lowest BCUT2D eigenvalue weighted by Crippen LogP contribution is -2.28. The first-order valence-corrected chi connectivity index (χ1v) is 10.7. The van der Waals surface area contributed by atoms with Gasteiger partial charge in [-0.1, -0.05) is 17.8 Å². The lowest BCUT2D eigenvalue weighted by atomic mass is 10.1. The Morgan fingerprint density at radius 2 is 2.13 bits per heavy atom. The van der Waals surface area contributed by atoms with Crippen LogP contribution in [0.4, 0.5) is 0 Å². The van der Waals surface area contributed by atoms with Crippen LogP contribution < -0.4 is 14.8 Å². The average Bonchev–Trinajstić information content (AvgIpc) is 3.37. The van der Waals surface area contributed by atoms with Crippen molar-refractivity contribution in [3.63, 3.8) is 0 Å². The molecule has 0 aliphatic heterocycles. The second-order valence-corrected chi connectivity index (χ2v) is 7.72. The van der Waals surface area contributed by atoms with Crippen molar-refractivity contribution in [2.75, 3.05) is 20.0 Å². The third-order valence-corrected chi connectivity index (χ3v) is 5.71. The van der Waals surface area contributed by atoms with Gasteiger partial charge in [-0.3, -0.25) is 9.36 Å². The van der Waals surface area contributed by atoms with Crippen molar-refractivity contribution < 1.29 is 18.7 Å². The number of nitrogens with zero attached hydrogens (tertiary/aromatic N) is 3. The van der Waals surface area contributed by atoms with Crippen molar-refractivity contribution in [1.29, 1.82) is 0 Å². The summed E-state index contributed by atoms with van der Waals surface area (Å²) in [7, 11) is 3.20. The fraction of sp³-hybridized carbons (Fsp3) is 0.318. The Morgan fingerprint density at radius 1 is 1.32 bits per heavy atom. The van der Waals surface area contributed by atoms with E-state index < -0.39 is 0 Å². The van der Waals surface area contributed by atoms with E-state index in [2.05, 4.69) is 22.1 Å². The molecular weight excluding hydrogens is 416 g/mol. The number of ether oxygens (including phenoxy) is 2. The number of aromatic nitrogens is 3. The molecule has 1 N–H and O–H groups in total. The molecule has 0 spiro atoms. The molecule has 1 atom stereocenters. The molecule has 31 heavy (non-hydrogen) atoms. The van der Waals surface area contributed by atoms with Gasteiger partial charge < -0.3 is 19.2 Å². The largest absolute Gasteiger partial charge is 0.497 e. The molecule has 1 unspecified atom stereocenters. The van der Waals surface area contributed by atoms with Crippen LogP contribution in [0, 0.1) is 6.92 Å². The van der Waals surface area contributed by atoms with E-state index in [-0.39, 0.29) is 17.7 Å². The highest BCUT2D eigenvalue weighted by atomic mass is 32.2. The van der Waals surface area contributed by atoms with Gasteiger partial charge >= 0.3 is 0 Å². The van der Waals surface area contributed by atoms with Gasteiger partial charge in [-0.15, -0.1) is 16.8 Å². The Labute approximate surface area is 185 Å². The average molecular weight is 443 g/mol. The van der Waals surface area contributed by atoms with Crippen LogP contribution in [0.15, 0.2) is 52.8 Å². The van der Waals surface area contributed by atoms with Gasteiger partial charge in [0.1, 0.15) is 17.3 Å². The van der Waals surface area contributed by atoms with E-state index >= 15 is 0 Å². The summed E-state index contributed by atoms with van der Waals surface area (Å²) in [5.74, 6) is 2.89. The monoisotopic (exact) mass is 442 g/mol. The van der Waals surface area contributed by atoms with Gasteiger partial charge in [-0.2, -0.15) is 0 Å². The van der Waals surface area contributed by atoms with Crippen LogP contribution in [0.1, 0.15) is 24.3 Å². The Morgan fingerprint density at radius 3 is 2.77 bits per heavy atom. The van der Waals surface area contributed by atoms with Crippen molar-refractivity contribution in [2.24, 2.45) is 0 Å². The fourth-order valence-electron chi connectivity index (χ4n) is 3.17. The molecule has 0 radical (unpaired) electrons. The number of methoxy groups -OCH3 is 2. The van der Waals surface area contributed by atoms with Crippen LogP contribution >= 0.6 is 11.8 Å². The SMILES string of the molecule is C=CCn1c(SCC(=O)NC(C)c2cc(OC)ccc2OC)nnc1-c1ccoc1C. The van der Waals surface area contributed by atoms with Gasteiger partial charge in [-0.25, -0.2) is 0 Å². The Hall–Kier alpha value is -3.20. The third-order valence-electron chi connectivity index (χ3n) is 4.74. The highest BCUT2D eigenvalue weighted by molar-refractivity contribution is 7.99. The van der Waals surface area contributed by atoms with Crippen molar-refractivity contribution in [1.82, 2.24) is 20.1 Å². The summed E-state index contributed by atoms with van der Waals surface area (Å²) in [6, 6.07) is 7.09. The number of hydrogen-bond acceptors (Lipinski definition) is 7. The van der Waals surface area contributed by atoms with Crippen LogP contribution in [0.2, 0.25) is 0 Å². The summed E-state index contributed by atoms with van der Waals surface area (Å²) in [6.07, 6.45) is 3.38. The van der Waals surface area contributed by atoms with E-state index in [9.17, 15) is 4.79 Å². The van der Waals surface area contributed by atoms with Crippen LogP contribution in [0.3, 0.4) is 0 Å². The summed E-state index contributed by atoms with van der Waals surface area (Å²) in [6.45, 7) is 8.11. The minimum absolute atomic E-state index is 0.128. The van der Waals surface area contributed by atoms with Crippen molar-refractivity contribution in [2.45, 2.75) is 31.6 Å². The number of carbonyl (C=O) groups is 1. The van der Waals surface area contributed by atoms with Crippen molar-refractivity contribution in [3.8, 4) is 22.9 Å². The lowest BCUT2D eigenvalue weighted by molar-refractivity contribution is -0.119. The predicted octanol–water partition coefficient (Wildman–Crippen LogP) is 4.02. The van der Waals surface area contributed by atoms with Crippen LogP contribution in [0.5, 0.6) is 11.5 Å². The fourth-order valence-corrected chi connectivity index (χ4v) is 3.93. The molecule has 0 saturated heterocycles. The minimum Gasteiger partial charge on any atom is -0.497 e. The second-order valence-electron chi connectivity index (χ2n) is 6.78. The topological polar surface area (TPSA) is 91.4 Å². The highest BCUT2D eigenvalue weighted by Gasteiger charge is 2.19. The molecule has 2 heterocycles. The number of furan rings is 1. The molecule has 2 aromatic heterocycles. The van der Waals surface area contributed by atoms with Gasteiger partial charge in [0.2, 0.25) is 5.91 Å². The number of nitrogens with one attached hydrogen (secondary N) is 1. The number of rotatable bonds is 10. The maximum Gasteiger partial charge on any atom is 0.230 e. The molecule has 9 heteroatoms. The smallest absolute Gasteiger partial charge is 0.230 e. The minimum atomic E-state index is -0.256. The molecule has 1 aromatic carbocycles. The quantitative estimate of drug-likeness (QED) is 0.374. The number of hydrogen-bond donors (Lipinski definition) is 1. The molecule has 0 bridgehead atoms.